The molecular formula is C9H19NO4S. The minimum atomic E-state index is -3.38. The Balaban J connectivity index is 2.62. The van der Waals surface area contributed by atoms with E-state index in [-0.39, 0.29) is 24.9 Å². The molecule has 0 spiro atoms. The van der Waals surface area contributed by atoms with Crippen molar-refractivity contribution < 1.29 is 18.6 Å². The second-order valence-electron chi connectivity index (χ2n) is 4.28. The molecule has 6 heteroatoms. The summed E-state index contributed by atoms with van der Waals surface area (Å²) in [6.45, 7) is 0.958. The van der Waals surface area contributed by atoms with Crippen LogP contribution in [-0.2, 0) is 10.0 Å². The van der Waals surface area contributed by atoms with Crippen molar-refractivity contribution in [1.29, 1.82) is 0 Å². The maximum atomic E-state index is 11.6. The fourth-order valence-corrected chi connectivity index (χ4v) is 3.35. The lowest BCUT2D eigenvalue weighted by atomic mass is 10.0. The number of hydrogen-bond donors (Lipinski definition) is 3. The minimum Gasteiger partial charge on any atom is -0.394 e. The standard InChI is InChI=1S/C9H19NO4S/c1-2-9(6-11,7-12)10-15(13,14)5-8-3-4-8/h8,10-12H,2-7H2,1H3. The molecule has 3 N–H and O–H groups in total. The van der Waals surface area contributed by atoms with E-state index < -0.39 is 15.6 Å². The zero-order valence-corrected chi connectivity index (χ0v) is 9.76. The Morgan fingerprint density at radius 3 is 2.20 bits per heavy atom. The van der Waals surface area contributed by atoms with Crippen molar-refractivity contribution in [3.63, 3.8) is 0 Å². The molecule has 90 valence electrons. The summed E-state index contributed by atoms with van der Waals surface area (Å²) in [5.41, 5.74) is -1.10. The predicted molar refractivity (Wildman–Crippen MR) is 56.8 cm³/mol. The van der Waals surface area contributed by atoms with Crippen LogP contribution in [0.1, 0.15) is 26.2 Å². The number of aliphatic hydroxyl groups is 2. The topological polar surface area (TPSA) is 86.6 Å². The largest absolute Gasteiger partial charge is 0.394 e. The van der Waals surface area contributed by atoms with Gasteiger partial charge < -0.3 is 10.2 Å². The lowest BCUT2D eigenvalue weighted by Crippen LogP contribution is -2.54. The molecule has 1 fully saturated rings. The van der Waals surface area contributed by atoms with Crippen molar-refractivity contribution in [1.82, 2.24) is 4.72 Å². The van der Waals surface area contributed by atoms with Gasteiger partial charge in [0.25, 0.3) is 0 Å². The Kier molecular flexibility index (Phi) is 4.11. The summed E-state index contributed by atoms with van der Waals surface area (Å²) in [5.74, 6) is 0.365. The van der Waals surface area contributed by atoms with Crippen molar-refractivity contribution in [2.45, 2.75) is 31.7 Å². The van der Waals surface area contributed by atoms with Gasteiger partial charge in [-0.15, -0.1) is 0 Å². The highest BCUT2D eigenvalue weighted by Crippen LogP contribution is 2.30. The van der Waals surface area contributed by atoms with Gasteiger partial charge in [-0.25, -0.2) is 13.1 Å². The highest BCUT2D eigenvalue weighted by Gasteiger charge is 2.35. The van der Waals surface area contributed by atoms with Gasteiger partial charge in [-0.05, 0) is 25.2 Å². The molecule has 0 aromatic carbocycles. The van der Waals surface area contributed by atoms with E-state index in [1.54, 1.807) is 6.92 Å². The summed E-state index contributed by atoms with van der Waals surface area (Å²) in [7, 11) is -3.38. The van der Waals surface area contributed by atoms with Gasteiger partial charge in [-0.2, -0.15) is 0 Å². The molecule has 0 radical (unpaired) electrons. The molecule has 0 bridgehead atoms. The maximum absolute atomic E-state index is 11.6. The number of hydrogen-bond acceptors (Lipinski definition) is 4. The van der Waals surface area contributed by atoms with E-state index >= 15 is 0 Å². The van der Waals surface area contributed by atoms with E-state index in [1.807, 2.05) is 0 Å². The van der Waals surface area contributed by atoms with Gasteiger partial charge in [0.05, 0.1) is 24.5 Å². The van der Waals surface area contributed by atoms with Gasteiger partial charge in [0, 0.05) is 0 Å². The average molecular weight is 237 g/mol. The van der Waals surface area contributed by atoms with Gasteiger partial charge in [0.15, 0.2) is 0 Å². The van der Waals surface area contributed by atoms with E-state index in [9.17, 15) is 8.42 Å². The first-order valence-corrected chi connectivity index (χ1v) is 6.85. The molecule has 0 amide bonds. The van der Waals surface area contributed by atoms with Gasteiger partial charge >= 0.3 is 0 Å². The van der Waals surface area contributed by atoms with Crippen molar-refractivity contribution in [2.75, 3.05) is 19.0 Å². The van der Waals surface area contributed by atoms with Crippen LogP contribution in [0, 0.1) is 5.92 Å². The normalized spacial score (nSPS) is 18.1. The van der Waals surface area contributed by atoms with Crippen LogP contribution in [0.5, 0.6) is 0 Å². The van der Waals surface area contributed by atoms with Crippen molar-refractivity contribution in [3.8, 4) is 0 Å². The summed E-state index contributed by atoms with van der Waals surface area (Å²) in [6, 6.07) is 0. The van der Waals surface area contributed by atoms with Crippen LogP contribution in [0.2, 0.25) is 0 Å². The second-order valence-corrected chi connectivity index (χ2v) is 6.04. The molecule has 0 aliphatic heterocycles. The van der Waals surface area contributed by atoms with E-state index in [0.717, 1.165) is 12.8 Å². The summed E-state index contributed by atoms with van der Waals surface area (Å²) in [6.07, 6.45) is 2.28. The monoisotopic (exact) mass is 237 g/mol. The van der Waals surface area contributed by atoms with Crippen LogP contribution >= 0.6 is 0 Å². The number of nitrogens with one attached hydrogen (secondary N) is 1. The van der Waals surface area contributed by atoms with Gasteiger partial charge in [0.2, 0.25) is 10.0 Å². The van der Waals surface area contributed by atoms with Crippen LogP contribution in [0.25, 0.3) is 0 Å². The Morgan fingerprint density at radius 1 is 1.33 bits per heavy atom. The molecule has 1 aliphatic rings. The zero-order chi connectivity index (χ0) is 11.5. The summed E-state index contributed by atoms with van der Waals surface area (Å²) in [4.78, 5) is 0. The van der Waals surface area contributed by atoms with Crippen LogP contribution in [0.3, 0.4) is 0 Å². The molecule has 0 heterocycles. The van der Waals surface area contributed by atoms with Crippen LogP contribution < -0.4 is 4.72 Å². The van der Waals surface area contributed by atoms with Gasteiger partial charge in [-0.1, -0.05) is 6.92 Å². The lowest BCUT2D eigenvalue weighted by molar-refractivity contribution is 0.105. The second kappa shape index (κ2) is 4.78. The van der Waals surface area contributed by atoms with Crippen LogP contribution in [0.15, 0.2) is 0 Å². The zero-order valence-electron chi connectivity index (χ0n) is 8.94. The molecular weight excluding hydrogens is 218 g/mol. The Hall–Kier alpha value is -0.170. The van der Waals surface area contributed by atoms with E-state index in [1.165, 1.54) is 0 Å². The van der Waals surface area contributed by atoms with Crippen LogP contribution in [-0.4, -0.2) is 43.1 Å². The highest BCUT2D eigenvalue weighted by atomic mass is 32.2. The molecule has 0 atom stereocenters. The molecule has 0 unspecified atom stereocenters. The SMILES string of the molecule is CCC(CO)(CO)NS(=O)(=O)CC1CC1. The molecule has 1 rings (SSSR count). The molecule has 0 aromatic heterocycles. The smallest absolute Gasteiger partial charge is 0.212 e. The van der Waals surface area contributed by atoms with Crippen LogP contribution in [0.4, 0.5) is 0 Å². The fraction of sp³-hybridized carbons (Fsp3) is 1.00. The third-order valence-electron chi connectivity index (χ3n) is 2.81. The first-order valence-electron chi connectivity index (χ1n) is 5.20. The molecule has 15 heavy (non-hydrogen) atoms. The minimum absolute atomic E-state index is 0.106. The predicted octanol–water partition coefficient (Wildman–Crippen LogP) is -0.551. The maximum Gasteiger partial charge on any atom is 0.212 e. The molecule has 5 nitrogen and oxygen atoms in total. The summed E-state index contributed by atoms with van der Waals surface area (Å²) < 4.78 is 25.7. The van der Waals surface area contributed by atoms with E-state index in [0.29, 0.717) is 6.42 Å². The first kappa shape index (κ1) is 12.9. The quantitative estimate of drug-likeness (QED) is 0.554. The lowest BCUT2D eigenvalue weighted by Gasteiger charge is -2.29. The van der Waals surface area contributed by atoms with E-state index in [2.05, 4.69) is 4.72 Å². The van der Waals surface area contributed by atoms with Gasteiger partial charge in [0.1, 0.15) is 0 Å². The fourth-order valence-electron chi connectivity index (χ4n) is 1.38. The average Bonchev–Trinajstić information content (AvgIpc) is 2.97. The van der Waals surface area contributed by atoms with Gasteiger partial charge in [-0.3, -0.25) is 0 Å². The summed E-state index contributed by atoms with van der Waals surface area (Å²) in [5, 5.41) is 18.2. The van der Waals surface area contributed by atoms with E-state index in [4.69, 9.17) is 10.2 Å². The third kappa shape index (κ3) is 3.71. The van der Waals surface area contributed by atoms with Crippen molar-refractivity contribution >= 4 is 10.0 Å². The highest BCUT2D eigenvalue weighted by molar-refractivity contribution is 7.89. The Labute approximate surface area is 90.6 Å². The molecule has 1 saturated carbocycles. The molecule has 0 aromatic rings. The molecule has 0 saturated heterocycles. The number of sulfonamides is 1. The molecule has 1 aliphatic carbocycles. The summed E-state index contributed by atoms with van der Waals surface area (Å²) >= 11 is 0. The number of rotatable bonds is 7. The first-order chi connectivity index (χ1) is 6.97. The number of aliphatic hydroxyl groups excluding tert-OH is 2. The van der Waals surface area contributed by atoms with Crippen molar-refractivity contribution in [3.05, 3.63) is 0 Å². The Morgan fingerprint density at radius 2 is 1.87 bits per heavy atom. The third-order valence-corrected chi connectivity index (χ3v) is 4.46. The van der Waals surface area contributed by atoms with Crippen molar-refractivity contribution in [2.24, 2.45) is 5.92 Å². The Bertz CT molecular complexity index is 285.